The monoisotopic (exact) mass is 205 g/mol. The summed E-state index contributed by atoms with van der Waals surface area (Å²) >= 11 is 0. The molecule has 15 heavy (non-hydrogen) atoms. The van der Waals surface area contributed by atoms with Gasteiger partial charge in [0, 0.05) is 36.7 Å². The molecule has 0 radical (unpaired) electrons. The van der Waals surface area contributed by atoms with E-state index in [-0.39, 0.29) is 0 Å². The minimum Gasteiger partial charge on any atom is -0.364 e. The van der Waals surface area contributed by atoms with E-state index in [0.717, 1.165) is 0 Å². The number of nitrogens with zero attached hydrogens (tertiary/aromatic N) is 2. The van der Waals surface area contributed by atoms with Crippen molar-refractivity contribution < 1.29 is 0 Å². The van der Waals surface area contributed by atoms with Crippen molar-refractivity contribution in [3.8, 4) is 0 Å². The molecule has 1 aliphatic carbocycles. The van der Waals surface area contributed by atoms with Crippen molar-refractivity contribution in [2.75, 3.05) is 11.4 Å². The Morgan fingerprint density at radius 2 is 2.33 bits per heavy atom. The Hall–Kier alpha value is -1.09. The Balaban J connectivity index is 2.28. The van der Waals surface area contributed by atoms with Gasteiger partial charge < -0.3 is 10.6 Å². The number of hydrogen-bond donors (Lipinski definition) is 1. The van der Waals surface area contributed by atoms with Gasteiger partial charge in [0.1, 0.15) is 0 Å². The molecule has 0 aliphatic heterocycles. The highest BCUT2D eigenvalue weighted by Gasteiger charge is 2.32. The maximum absolute atomic E-state index is 5.77. The van der Waals surface area contributed by atoms with Crippen molar-refractivity contribution in [1.29, 1.82) is 0 Å². The third kappa shape index (κ3) is 2.12. The van der Waals surface area contributed by atoms with Crippen LogP contribution in [0.25, 0.3) is 0 Å². The van der Waals surface area contributed by atoms with Gasteiger partial charge in [0.05, 0.1) is 0 Å². The van der Waals surface area contributed by atoms with Crippen LogP contribution in [0.15, 0.2) is 18.5 Å². The first-order valence-corrected chi connectivity index (χ1v) is 5.63. The first-order valence-electron chi connectivity index (χ1n) is 5.63. The lowest BCUT2D eigenvalue weighted by atomic mass is 10.2. The third-order valence-corrected chi connectivity index (χ3v) is 3.03. The lowest BCUT2D eigenvalue weighted by Gasteiger charge is -2.31. The summed E-state index contributed by atoms with van der Waals surface area (Å²) in [6, 6.07) is 3.21. The normalized spacial score (nSPS) is 17.5. The van der Waals surface area contributed by atoms with Crippen molar-refractivity contribution in [1.82, 2.24) is 4.98 Å². The number of aromatic nitrogens is 1. The molecule has 2 N–H and O–H groups in total. The standard InChI is InChI=1S/C12H19N3/c1-9-8-14-6-5-12(9)15(10(2)7-13)11-3-4-11/h5-6,8,10-11H,3-4,7,13H2,1-2H3. The summed E-state index contributed by atoms with van der Waals surface area (Å²) < 4.78 is 0. The van der Waals surface area contributed by atoms with Crippen LogP contribution in [0.5, 0.6) is 0 Å². The molecule has 2 rings (SSSR count). The Kier molecular flexibility index (Phi) is 2.91. The molecule has 3 nitrogen and oxygen atoms in total. The lowest BCUT2D eigenvalue weighted by molar-refractivity contribution is 0.635. The van der Waals surface area contributed by atoms with Gasteiger partial charge >= 0.3 is 0 Å². The predicted molar refractivity (Wildman–Crippen MR) is 63.0 cm³/mol. The molecule has 82 valence electrons. The zero-order valence-corrected chi connectivity index (χ0v) is 9.48. The molecule has 0 aromatic carbocycles. The molecule has 1 fully saturated rings. The minimum atomic E-state index is 0.415. The lowest BCUT2D eigenvalue weighted by Crippen LogP contribution is -2.40. The summed E-state index contributed by atoms with van der Waals surface area (Å²) in [5.41, 5.74) is 8.31. The molecule has 3 heteroatoms. The van der Waals surface area contributed by atoms with Gasteiger partial charge in [-0.2, -0.15) is 0 Å². The molecule has 1 heterocycles. The fourth-order valence-electron chi connectivity index (χ4n) is 2.02. The second-order valence-corrected chi connectivity index (χ2v) is 4.39. The zero-order valence-electron chi connectivity index (χ0n) is 9.48. The predicted octanol–water partition coefficient (Wildman–Crippen LogP) is 1.71. The van der Waals surface area contributed by atoms with Crippen LogP contribution in [0.3, 0.4) is 0 Å². The largest absolute Gasteiger partial charge is 0.364 e. The van der Waals surface area contributed by atoms with E-state index in [0.29, 0.717) is 18.6 Å². The molecule has 1 saturated carbocycles. The minimum absolute atomic E-state index is 0.415. The summed E-state index contributed by atoms with van der Waals surface area (Å²) in [5, 5.41) is 0. The van der Waals surface area contributed by atoms with E-state index in [1.54, 1.807) is 0 Å². The van der Waals surface area contributed by atoms with Crippen LogP contribution in [0.1, 0.15) is 25.3 Å². The van der Waals surface area contributed by atoms with Crippen LogP contribution >= 0.6 is 0 Å². The third-order valence-electron chi connectivity index (χ3n) is 3.03. The topological polar surface area (TPSA) is 42.2 Å². The molecule has 1 aromatic heterocycles. The van der Waals surface area contributed by atoms with Crippen molar-refractivity contribution in [3.63, 3.8) is 0 Å². The smallest absolute Gasteiger partial charge is 0.0432 e. The number of rotatable bonds is 4. The van der Waals surface area contributed by atoms with E-state index in [9.17, 15) is 0 Å². The molecule has 0 amide bonds. The number of aryl methyl sites for hydroxylation is 1. The van der Waals surface area contributed by atoms with Gasteiger partial charge in [-0.1, -0.05) is 0 Å². The fourth-order valence-corrected chi connectivity index (χ4v) is 2.02. The Morgan fingerprint density at radius 1 is 1.60 bits per heavy atom. The summed E-state index contributed by atoms with van der Waals surface area (Å²) in [6.07, 6.45) is 6.38. The van der Waals surface area contributed by atoms with Crippen molar-refractivity contribution in [2.45, 2.75) is 38.8 Å². The van der Waals surface area contributed by atoms with Crippen LogP contribution in [0, 0.1) is 6.92 Å². The van der Waals surface area contributed by atoms with E-state index >= 15 is 0 Å². The Bertz CT molecular complexity index is 333. The molecular weight excluding hydrogens is 186 g/mol. The van der Waals surface area contributed by atoms with E-state index in [1.165, 1.54) is 24.1 Å². The second kappa shape index (κ2) is 4.19. The highest BCUT2D eigenvalue weighted by atomic mass is 15.2. The van der Waals surface area contributed by atoms with Crippen molar-refractivity contribution >= 4 is 5.69 Å². The first kappa shape index (κ1) is 10.4. The highest BCUT2D eigenvalue weighted by Crippen LogP contribution is 2.34. The quantitative estimate of drug-likeness (QED) is 0.813. The summed E-state index contributed by atoms with van der Waals surface area (Å²) in [4.78, 5) is 6.59. The zero-order chi connectivity index (χ0) is 10.8. The summed E-state index contributed by atoms with van der Waals surface area (Å²) in [7, 11) is 0. The molecule has 1 aliphatic rings. The number of pyridine rings is 1. The molecular formula is C12H19N3. The van der Waals surface area contributed by atoms with Crippen LogP contribution in [-0.4, -0.2) is 23.6 Å². The second-order valence-electron chi connectivity index (χ2n) is 4.39. The molecule has 1 aromatic rings. The van der Waals surface area contributed by atoms with Crippen molar-refractivity contribution in [2.24, 2.45) is 5.73 Å². The highest BCUT2D eigenvalue weighted by molar-refractivity contribution is 5.54. The van der Waals surface area contributed by atoms with Gasteiger partial charge in [-0.05, 0) is 38.3 Å². The summed E-state index contributed by atoms with van der Waals surface area (Å²) in [6.45, 7) is 5.01. The number of nitrogens with two attached hydrogens (primary N) is 1. The van der Waals surface area contributed by atoms with Gasteiger partial charge in [0.2, 0.25) is 0 Å². The van der Waals surface area contributed by atoms with E-state index in [1.807, 2.05) is 12.4 Å². The van der Waals surface area contributed by atoms with Crippen LogP contribution < -0.4 is 10.6 Å². The van der Waals surface area contributed by atoms with E-state index in [4.69, 9.17) is 5.73 Å². The molecule has 1 atom stereocenters. The van der Waals surface area contributed by atoms with E-state index in [2.05, 4.69) is 29.8 Å². The molecule has 0 saturated heterocycles. The maximum atomic E-state index is 5.77. The fraction of sp³-hybridized carbons (Fsp3) is 0.583. The van der Waals surface area contributed by atoms with Crippen LogP contribution in [-0.2, 0) is 0 Å². The first-order chi connectivity index (χ1) is 7.24. The van der Waals surface area contributed by atoms with Gasteiger partial charge in [-0.3, -0.25) is 4.98 Å². The van der Waals surface area contributed by atoms with Gasteiger partial charge in [-0.25, -0.2) is 0 Å². The molecule has 0 spiro atoms. The van der Waals surface area contributed by atoms with Crippen molar-refractivity contribution in [3.05, 3.63) is 24.0 Å². The SMILES string of the molecule is Cc1cnccc1N(C(C)CN)C1CC1. The van der Waals surface area contributed by atoms with Crippen LogP contribution in [0.4, 0.5) is 5.69 Å². The molecule has 0 bridgehead atoms. The Labute approximate surface area is 91.3 Å². The molecule has 1 unspecified atom stereocenters. The van der Waals surface area contributed by atoms with Gasteiger partial charge in [0.15, 0.2) is 0 Å². The average molecular weight is 205 g/mol. The summed E-state index contributed by atoms with van der Waals surface area (Å²) in [5.74, 6) is 0. The Morgan fingerprint density at radius 3 is 2.87 bits per heavy atom. The maximum Gasteiger partial charge on any atom is 0.0432 e. The van der Waals surface area contributed by atoms with Gasteiger partial charge in [0.25, 0.3) is 0 Å². The number of hydrogen-bond acceptors (Lipinski definition) is 3. The number of anilines is 1. The van der Waals surface area contributed by atoms with E-state index < -0.39 is 0 Å². The van der Waals surface area contributed by atoms with Gasteiger partial charge in [-0.15, -0.1) is 0 Å². The average Bonchev–Trinajstić information content (AvgIpc) is 3.05. The van der Waals surface area contributed by atoms with Crippen LogP contribution in [0.2, 0.25) is 0 Å².